The molecule has 1 aromatic rings. The van der Waals surface area contributed by atoms with Gasteiger partial charge in [0, 0.05) is 6.54 Å². The first kappa shape index (κ1) is 14.6. The molecule has 0 saturated carbocycles. The summed E-state index contributed by atoms with van der Waals surface area (Å²) >= 11 is 0. The van der Waals surface area contributed by atoms with Crippen molar-refractivity contribution < 1.29 is 9.59 Å². The second-order valence-electron chi connectivity index (χ2n) is 6.48. The molecular formula is C16H22N2O2. The summed E-state index contributed by atoms with van der Waals surface area (Å²) in [5, 5.41) is 2.78. The standard InChI is InChI=1S/C16H22N2O2/c1-16(2,3)9-10-18-11-13(19)17-14(15(18)20)12-7-5-4-6-8-12/h4-8,14H,9-11H2,1-3H3,(H,17,19). The highest BCUT2D eigenvalue weighted by molar-refractivity contribution is 5.95. The van der Waals surface area contributed by atoms with Gasteiger partial charge in [-0.25, -0.2) is 0 Å². The molecular weight excluding hydrogens is 252 g/mol. The molecule has 1 N–H and O–H groups in total. The van der Waals surface area contributed by atoms with Gasteiger partial charge in [0.1, 0.15) is 6.04 Å². The van der Waals surface area contributed by atoms with Crippen LogP contribution in [0.15, 0.2) is 30.3 Å². The first-order valence-corrected chi connectivity index (χ1v) is 7.00. The van der Waals surface area contributed by atoms with Crippen molar-refractivity contribution in [3.8, 4) is 0 Å². The smallest absolute Gasteiger partial charge is 0.250 e. The van der Waals surface area contributed by atoms with Gasteiger partial charge in [-0.3, -0.25) is 9.59 Å². The van der Waals surface area contributed by atoms with E-state index in [1.165, 1.54) is 0 Å². The lowest BCUT2D eigenvalue weighted by Crippen LogP contribution is -2.53. The minimum Gasteiger partial charge on any atom is -0.339 e. The summed E-state index contributed by atoms with van der Waals surface area (Å²) in [6.07, 6.45) is 0.882. The van der Waals surface area contributed by atoms with E-state index in [0.29, 0.717) is 6.54 Å². The van der Waals surface area contributed by atoms with Gasteiger partial charge in [0.05, 0.1) is 6.54 Å². The SMILES string of the molecule is CC(C)(C)CCN1CC(=O)NC(c2ccccc2)C1=O. The first-order chi connectivity index (χ1) is 9.37. The fourth-order valence-corrected chi connectivity index (χ4v) is 2.23. The Kier molecular flexibility index (Phi) is 4.12. The Morgan fingerprint density at radius 2 is 1.85 bits per heavy atom. The van der Waals surface area contributed by atoms with E-state index in [0.717, 1.165) is 12.0 Å². The van der Waals surface area contributed by atoms with Crippen molar-refractivity contribution in [3.05, 3.63) is 35.9 Å². The second-order valence-corrected chi connectivity index (χ2v) is 6.48. The number of carbonyl (C=O) groups is 2. The molecule has 1 heterocycles. The van der Waals surface area contributed by atoms with Gasteiger partial charge in [-0.05, 0) is 17.4 Å². The molecule has 0 bridgehead atoms. The van der Waals surface area contributed by atoms with Crippen LogP contribution in [0.2, 0.25) is 0 Å². The third-order valence-corrected chi connectivity index (χ3v) is 3.46. The van der Waals surface area contributed by atoms with Crippen molar-refractivity contribution in [2.24, 2.45) is 5.41 Å². The van der Waals surface area contributed by atoms with Gasteiger partial charge in [0.2, 0.25) is 11.8 Å². The third-order valence-electron chi connectivity index (χ3n) is 3.46. The van der Waals surface area contributed by atoms with E-state index in [1.54, 1.807) is 4.90 Å². The summed E-state index contributed by atoms with van der Waals surface area (Å²) in [7, 11) is 0. The number of nitrogens with zero attached hydrogens (tertiary/aromatic N) is 1. The second kappa shape index (κ2) is 5.65. The fraction of sp³-hybridized carbons (Fsp3) is 0.500. The van der Waals surface area contributed by atoms with Crippen LogP contribution >= 0.6 is 0 Å². The molecule has 20 heavy (non-hydrogen) atoms. The maximum Gasteiger partial charge on any atom is 0.250 e. The molecule has 4 heteroatoms. The summed E-state index contributed by atoms with van der Waals surface area (Å²) in [6.45, 7) is 7.19. The summed E-state index contributed by atoms with van der Waals surface area (Å²) in [6, 6.07) is 8.85. The Morgan fingerprint density at radius 1 is 1.20 bits per heavy atom. The van der Waals surface area contributed by atoms with Crippen LogP contribution in [0.4, 0.5) is 0 Å². The number of rotatable bonds is 3. The van der Waals surface area contributed by atoms with Crippen LogP contribution in [0, 0.1) is 5.41 Å². The summed E-state index contributed by atoms with van der Waals surface area (Å²) in [5.74, 6) is -0.104. The Bertz CT molecular complexity index is 491. The van der Waals surface area contributed by atoms with Crippen LogP contribution in [0.1, 0.15) is 38.8 Å². The third kappa shape index (κ3) is 3.59. The molecule has 1 atom stereocenters. The highest BCUT2D eigenvalue weighted by atomic mass is 16.2. The monoisotopic (exact) mass is 274 g/mol. The number of hydrogen-bond acceptors (Lipinski definition) is 2. The van der Waals surface area contributed by atoms with E-state index in [2.05, 4.69) is 26.1 Å². The molecule has 108 valence electrons. The van der Waals surface area contributed by atoms with Gasteiger partial charge in [0.15, 0.2) is 0 Å². The molecule has 1 unspecified atom stereocenters. The zero-order valence-electron chi connectivity index (χ0n) is 12.3. The molecule has 1 fully saturated rings. The summed E-state index contributed by atoms with van der Waals surface area (Å²) < 4.78 is 0. The minimum atomic E-state index is -0.544. The van der Waals surface area contributed by atoms with Gasteiger partial charge >= 0.3 is 0 Å². The molecule has 0 radical (unpaired) electrons. The van der Waals surface area contributed by atoms with Crippen molar-refractivity contribution in [2.45, 2.75) is 33.2 Å². The molecule has 2 amide bonds. The van der Waals surface area contributed by atoms with Crippen LogP contribution in [-0.4, -0.2) is 29.8 Å². The average Bonchev–Trinajstić information content (AvgIpc) is 2.39. The zero-order valence-corrected chi connectivity index (χ0v) is 12.3. The van der Waals surface area contributed by atoms with Crippen molar-refractivity contribution >= 4 is 11.8 Å². The number of nitrogens with one attached hydrogen (secondary N) is 1. The molecule has 0 aliphatic carbocycles. The maximum atomic E-state index is 12.5. The lowest BCUT2D eigenvalue weighted by Gasteiger charge is -2.34. The predicted octanol–water partition coefficient (Wildman–Crippen LogP) is 2.12. The van der Waals surface area contributed by atoms with Crippen molar-refractivity contribution in [2.75, 3.05) is 13.1 Å². The van der Waals surface area contributed by atoms with E-state index in [1.807, 2.05) is 30.3 Å². The Labute approximate surface area is 120 Å². The van der Waals surface area contributed by atoms with E-state index < -0.39 is 6.04 Å². The number of carbonyl (C=O) groups excluding carboxylic acids is 2. The maximum absolute atomic E-state index is 12.5. The normalized spacial score (nSPS) is 19.9. The van der Waals surface area contributed by atoms with E-state index >= 15 is 0 Å². The number of benzene rings is 1. The van der Waals surface area contributed by atoms with Crippen LogP contribution in [0.3, 0.4) is 0 Å². The van der Waals surface area contributed by atoms with Gasteiger partial charge in [-0.1, -0.05) is 51.1 Å². The minimum absolute atomic E-state index is 0.0138. The average molecular weight is 274 g/mol. The van der Waals surface area contributed by atoms with Crippen LogP contribution in [0.5, 0.6) is 0 Å². The summed E-state index contributed by atoms with van der Waals surface area (Å²) in [5.41, 5.74) is 0.988. The molecule has 0 aromatic heterocycles. The number of piperazine rings is 1. The number of amides is 2. The molecule has 1 aromatic carbocycles. The van der Waals surface area contributed by atoms with Crippen molar-refractivity contribution in [1.29, 1.82) is 0 Å². The van der Waals surface area contributed by atoms with Crippen LogP contribution in [-0.2, 0) is 9.59 Å². The molecule has 1 aliphatic heterocycles. The van der Waals surface area contributed by atoms with Gasteiger partial charge in [-0.2, -0.15) is 0 Å². The summed E-state index contributed by atoms with van der Waals surface area (Å²) in [4.78, 5) is 26.0. The molecule has 0 spiro atoms. The molecule has 1 aliphatic rings. The van der Waals surface area contributed by atoms with E-state index in [4.69, 9.17) is 0 Å². The van der Waals surface area contributed by atoms with Crippen molar-refractivity contribution in [1.82, 2.24) is 10.2 Å². The van der Waals surface area contributed by atoms with Crippen LogP contribution < -0.4 is 5.32 Å². The quantitative estimate of drug-likeness (QED) is 0.918. The lowest BCUT2D eigenvalue weighted by molar-refractivity contribution is -0.144. The zero-order chi connectivity index (χ0) is 14.8. The topological polar surface area (TPSA) is 49.4 Å². The van der Waals surface area contributed by atoms with Gasteiger partial charge in [0.25, 0.3) is 0 Å². The van der Waals surface area contributed by atoms with Gasteiger partial charge < -0.3 is 10.2 Å². The molecule has 1 saturated heterocycles. The van der Waals surface area contributed by atoms with Gasteiger partial charge in [-0.15, -0.1) is 0 Å². The highest BCUT2D eigenvalue weighted by Gasteiger charge is 2.33. The fourth-order valence-electron chi connectivity index (χ4n) is 2.23. The Morgan fingerprint density at radius 3 is 2.45 bits per heavy atom. The van der Waals surface area contributed by atoms with E-state index in [-0.39, 0.29) is 23.8 Å². The molecule has 2 rings (SSSR count). The van der Waals surface area contributed by atoms with Crippen molar-refractivity contribution in [3.63, 3.8) is 0 Å². The molecule has 4 nitrogen and oxygen atoms in total. The van der Waals surface area contributed by atoms with E-state index in [9.17, 15) is 9.59 Å². The Balaban J connectivity index is 2.12. The largest absolute Gasteiger partial charge is 0.339 e. The van der Waals surface area contributed by atoms with Crippen LogP contribution in [0.25, 0.3) is 0 Å². The lowest BCUT2D eigenvalue weighted by atomic mass is 9.91. The predicted molar refractivity (Wildman–Crippen MR) is 78.0 cm³/mol. The number of hydrogen-bond donors (Lipinski definition) is 1. The highest BCUT2D eigenvalue weighted by Crippen LogP contribution is 2.23. The Hall–Kier alpha value is -1.84. The first-order valence-electron chi connectivity index (χ1n) is 7.00.